The number of fused-ring (bicyclic) bond motifs is 2. The van der Waals surface area contributed by atoms with Gasteiger partial charge in [0.1, 0.15) is 11.6 Å². The van der Waals surface area contributed by atoms with Crippen molar-refractivity contribution < 1.29 is 13.6 Å². The van der Waals surface area contributed by atoms with Crippen molar-refractivity contribution in [3.8, 4) is 0 Å². The number of amides is 1. The van der Waals surface area contributed by atoms with Crippen LogP contribution in [0.5, 0.6) is 0 Å². The first-order valence-electron chi connectivity index (χ1n) is 7.60. The van der Waals surface area contributed by atoms with E-state index in [4.69, 9.17) is 0 Å². The predicted octanol–water partition coefficient (Wildman–Crippen LogP) is 2.71. The quantitative estimate of drug-likeness (QED) is 0.929. The summed E-state index contributed by atoms with van der Waals surface area (Å²) in [6, 6.07) is 4.12. The number of hydrogen-bond donors (Lipinski definition) is 1. The minimum absolute atomic E-state index is 0.0974. The van der Waals surface area contributed by atoms with Crippen LogP contribution in [0.2, 0.25) is 0 Å². The average Bonchev–Trinajstić information content (AvgIpc) is 2.77. The number of halogens is 2. The number of benzene rings is 1. The van der Waals surface area contributed by atoms with E-state index in [2.05, 4.69) is 5.32 Å². The number of piperidine rings is 1. The molecule has 2 fully saturated rings. The monoisotopic (exact) mass is 294 g/mol. The highest BCUT2D eigenvalue weighted by atomic mass is 19.1. The summed E-state index contributed by atoms with van der Waals surface area (Å²) < 4.78 is 26.6. The summed E-state index contributed by atoms with van der Waals surface area (Å²) >= 11 is 0. The van der Waals surface area contributed by atoms with Crippen LogP contribution in [0.4, 0.5) is 8.78 Å². The van der Waals surface area contributed by atoms with E-state index < -0.39 is 11.6 Å². The second-order valence-corrected chi connectivity index (χ2v) is 6.01. The van der Waals surface area contributed by atoms with Gasteiger partial charge in [0.2, 0.25) is 0 Å². The van der Waals surface area contributed by atoms with Crippen LogP contribution in [0.15, 0.2) is 18.2 Å². The van der Waals surface area contributed by atoms with Gasteiger partial charge in [-0.05, 0) is 44.7 Å². The lowest BCUT2D eigenvalue weighted by molar-refractivity contribution is 0.0630. The fourth-order valence-corrected chi connectivity index (χ4v) is 3.69. The fraction of sp³-hybridized carbons (Fsp3) is 0.562. The van der Waals surface area contributed by atoms with Crippen molar-refractivity contribution >= 4 is 5.91 Å². The van der Waals surface area contributed by atoms with Gasteiger partial charge in [0.15, 0.2) is 0 Å². The van der Waals surface area contributed by atoms with Crippen molar-refractivity contribution in [3.63, 3.8) is 0 Å². The van der Waals surface area contributed by atoms with E-state index in [-0.39, 0.29) is 17.5 Å². The largest absolute Gasteiger partial charge is 0.336 e. The molecule has 0 aromatic heterocycles. The first-order chi connectivity index (χ1) is 10.1. The van der Waals surface area contributed by atoms with Crippen molar-refractivity contribution in [2.75, 3.05) is 6.54 Å². The molecule has 1 amide bonds. The summed E-state index contributed by atoms with van der Waals surface area (Å²) in [5.41, 5.74) is 0.0974. The molecule has 0 spiro atoms. The second-order valence-electron chi connectivity index (χ2n) is 6.01. The van der Waals surface area contributed by atoms with Gasteiger partial charge in [-0.15, -0.1) is 0 Å². The van der Waals surface area contributed by atoms with Gasteiger partial charge in [0.05, 0.1) is 0 Å². The van der Waals surface area contributed by atoms with Crippen LogP contribution in [-0.4, -0.2) is 35.5 Å². The molecule has 2 aliphatic heterocycles. The van der Waals surface area contributed by atoms with Crippen LogP contribution in [0, 0.1) is 11.6 Å². The third-order valence-corrected chi connectivity index (χ3v) is 4.60. The SMILES string of the molecule is CCN(C(=O)c1cc(F)cc(F)c1)C1CC2CCC(C1)N2. The van der Waals surface area contributed by atoms with Gasteiger partial charge < -0.3 is 10.2 Å². The zero-order valence-corrected chi connectivity index (χ0v) is 12.1. The van der Waals surface area contributed by atoms with Crippen molar-refractivity contribution in [2.45, 2.75) is 50.7 Å². The first kappa shape index (κ1) is 14.4. The topological polar surface area (TPSA) is 32.3 Å². The first-order valence-corrected chi connectivity index (χ1v) is 7.60. The van der Waals surface area contributed by atoms with Gasteiger partial charge in [-0.1, -0.05) is 0 Å². The average molecular weight is 294 g/mol. The Bertz CT molecular complexity index is 517. The summed E-state index contributed by atoms with van der Waals surface area (Å²) in [7, 11) is 0. The van der Waals surface area contributed by atoms with Crippen LogP contribution in [0.3, 0.4) is 0 Å². The number of nitrogens with one attached hydrogen (secondary N) is 1. The van der Waals surface area contributed by atoms with E-state index in [1.807, 2.05) is 6.92 Å². The third kappa shape index (κ3) is 2.93. The highest BCUT2D eigenvalue weighted by Gasteiger charge is 2.37. The van der Waals surface area contributed by atoms with Crippen LogP contribution in [0.1, 0.15) is 43.0 Å². The fourth-order valence-electron chi connectivity index (χ4n) is 3.69. The number of hydrogen-bond acceptors (Lipinski definition) is 2. The zero-order chi connectivity index (χ0) is 15.0. The number of carbonyl (C=O) groups is 1. The molecule has 21 heavy (non-hydrogen) atoms. The highest BCUT2D eigenvalue weighted by Crippen LogP contribution is 2.30. The standard InChI is InChI=1S/C16H20F2N2O/c1-2-20(15-8-13-3-4-14(9-15)19-13)16(21)10-5-11(17)7-12(18)6-10/h5-7,13-15,19H,2-4,8-9H2,1H3. The van der Waals surface area contributed by atoms with Gasteiger partial charge in [-0.25, -0.2) is 8.78 Å². The highest BCUT2D eigenvalue weighted by molar-refractivity contribution is 5.94. The minimum Gasteiger partial charge on any atom is -0.336 e. The Balaban J connectivity index is 1.80. The Kier molecular flexibility index (Phi) is 3.93. The van der Waals surface area contributed by atoms with Crippen LogP contribution in [-0.2, 0) is 0 Å². The van der Waals surface area contributed by atoms with E-state index in [0.29, 0.717) is 18.6 Å². The summed E-state index contributed by atoms with van der Waals surface area (Å²) in [6.45, 7) is 2.47. The Morgan fingerprint density at radius 1 is 1.19 bits per heavy atom. The van der Waals surface area contributed by atoms with Crippen molar-refractivity contribution in [1.82, 2.24) is 10.2 Å². The molecule has 114 valence electrons. The van der Waals surface area contributed by atoms with Crippen molar-refractivity contribution in [2.24, 2.45) is 0 Å². The lowest BCUT2D eigenvalue weighted by Crippen LogP contribution is -2.50. The molecule has 2 unspecified atom stereocenters. The molecule has 5 heteroatoms. The van der Waals surface area contributed by atoms with Crippen LogP contribution < -0.4 is 5.32 Å². The van der Waals surface area contributed by atoms with E-state index in [1.165, 1.54) is 0 Å². The Labute approximate surface area is 123 Å². The minimum atomic E-state index is -0.709. The third-order valence-electron chi connectivity index (χ3n) is 4.60. The molecule has 2 heterocycles. The number of nitrogens with zero attached hydrogens (tertiary/aromatic N) is 1. The molecular weight excluding hydrogens is 274 g/mol. The van der Waals surface area contributed by atoms with Gasteiger partial charge in [0.25, 0.3) is 5.91 Å². The summed E-state index contributed by atoms with van der Waals surface area (Å²) in [5.74, 6) is -1.69. The maximum absolute atomic E-state index is 13.3. The van der Waals surface area contributed by atoms with Gasteiger partial charge in [0, 0.05) is 36.3 Å². The Morgan fingerprint density at radius 3 is 2.29 bits per heavy atom. The van der Waals surface area contributed by atoms with E-state index >= 15 is 0 Å². The van der Waals surface area contributed by atoms with Crippen molar-refractivity contribution in [1.29, 1.82) is 0 Å². The predicted molar refractivity (Wildman–Crippen MR) is 76.0 cm³/mol. The molecule has 2 atom stereocenters. The normalized spacial score (nSPS) is 27.7. The van der Waals surface area contributed by atoms with Gasteiger partial charge in [-0.2, -0.15) is 0 Å². The molecule has 1 aromatic carbocycles. The molecule has 2 aliphatic rings. The molecule has 1 N–H and O–H groups in total. The summed E-state index contributed by atoms with van der Waals surface area (Å²) in [5, 5.41) is 3.54. The zero-order valence-electron chi connectivity index (χ0n) is 12.1. The van der Waals surface area contributed by atoms with Gasteiger partial charge in [-0.3, -0.25) is 4.79 Å². The molecule has 1 aromatic rings. The lowest BCUT2D eigenvalue weighted by atomic mass is 9.97. The molecule has 0 aliphatic carbocycles. The summed E-state index contributed by atoms with van der Waals surface area (Å²) in [6.07, 6.45) is 4.16. The molecular formula is C16H20F2N2O. The summed E-state index contributed by atoms with van der Waals surface area (Å²) in [4.78, 5) is 14.3. The molecule has 2 bridgehead atoms. The van der Waals surface area contributed by atoms with Crippen LogP contribution in [0.25, 0.3) is 0 Å². The second kappa shape index (κ2) is 5.72. The Morgan fingerprint density at radius 2 is 1.76 bits per heavy atom. The Hall–Kier alpha value is -1.49. The number of carbonyl (C=O) groups excluding carboxylic acids is 1. The molecule has 0 saturated carbocycles. The maximum Gasteiger partial charge on any atom is 0.254 e. The van der Waals surface area contributed by atoms with Gasteiger partial charge >= 0.3 is 0 Å². The molecule has 2 saturated heterocycles. The molecule has 0 radical (unpaired) electrons. The van der Waals surface area contributed by atoms with E-state index in [1.54, 1.807) is 4.90 Å². The van der Waals surface area contributed by atoms with Crippen LogP contribution >= 0.6 is 0 Å². The maximum atomic E-state index is 13.3. The van der Waals surface area contributed by atoms with E-state index in [0.717, 1.165) is 43.9 Å². The number of rotatable bonds is 3. The molecule has 3 rings (SSSR count). The van der Waals surface area contributed by atoms with E-state index in [9.17, 15) is 13.6 Å². The van der Waals surface area contributed by atoms with Crippen molar-refractivity contribution in [3.05, 3.63) is 35.4 Å². The molecule has 3 nitrogen and oxygen atoms in total. The smallest absolute Gasteiger partial charge is 0.254 e. The lowest BCUT2D eigenvalue weighted by Gasteiger charge is -2.37.